The second-order valence-electron chi connectivity index (χ2n) is 6.14. The molecular formula is C18H24N4O2. The van der Waals surface area contributed by atoms with Crippen LogP contribution in [-0.4, -0.2) is 21.6 Å². The topological polar surface area (TPSA) is 76.0 Å². The number of nitrogens with one attached hydrogen (secondary N) is 2. The van der Waals surface area contributed by atoms with Crippen LogP contribution in [0.15, 0.2) is 36.7 Å². The Labute approximate surface area is 142 Å². The molecule has 0 radical (unpaired) electrons. The molecule has 6 nitrogen and oxygen atoms in total. The first-order valence-corrected chi connectivity index (χ1v) is 8.17. The average molecular weight is 328 g/mol. The molecule has 0 bridgehead atoms. The third-order valence-corrected chi connectivity index (χ3v) is 3.84. The lowest BCUT2D eigenvalue weighted by Crippen LogP contribution is -2.20. The molecule has 0 spiro atoms. The van der Waals surface area contributed by atoms with Crippen molar-refractivity contribution >= 4 is 23.2 Å². The van der Waals surface area contributed by atoms with Gasteiger partial charge in [-0.2, -0.15) is 5.10 Å². The van der Waals surface area contributed by atoms with Crippen molar-refractivity contribution in [3.63, 3.8) is 0 Å². The minimum Gasteiger partial charge on any atom is -0.326 e. The molecule has 0 aliphatic carbocycles. The fraction of sp³-hybridized carbons (Fsp3) is 0.389. The Bertz CT molecular complexity index is 721. The lowest BCUT2D eigenvalue weighted by Gasteiger charge is -2.11. The van der Waals surface area contributed by atoms with Gasteiger partial charge in [-0.25, -0.2) is 0 Å². The summed E-state index contributed by atoms with van der Waals surface area (Å²) in [5, 5.41) is 9.84. The molecule has 1 unspecified atom stereocenters. The quantitative estimate of drug-likeness (QED) is 0.849. The van der Waals surface area contributed by atoms with Gasteiger partial charge in [-0.15, -0.1) is 0 Å². The summed E-state index contributed by atoms with van der Waals surface area (Å²) in [5.74, 6) is -0.351. The minimum atomic E-state index is -0.238. The zero-order valence-corrected chi connectivity index (χ0v) is 14.5. The fourth-order valence-corrected chi connectivity index (χ4v) is 2.08. The predicted molar refractivity (Wildman–Crippen MR) is 95.1 cm³/mol. The van der Waals surface area contributed by atoms with Crippen LogP contribution in [-0.2, 0) is 4.79 Å². The molecule has 2 N–H and O–H groups in total. The van der Waals surface area contributed by atoms with Crippen LogP contribution >= 0.6 is 0 Å². The number of nitrogens with zero attached hydrogens (tertiary/aromatic N) is 2. The summed E-state index contributed by atoms with van der Waals surface area (Å²) in [6.45, 7) is 7.87. The van der Waals surface area contributed by atoms with Crippen molar-refractivity contribution in [1.82, 2.24) is 9.78 Å². The Morgan fingerprint density at radius 2 is 1.92 bits per heavy atom. The van der Waals surface area contributed by atoms with Gasteiger partial charge in [0.15, 0.2) is 0 Å². The molecule has 0 aliphatic rings. The predicted octanol–water partition coefficient (Wildman–Crippen LogP) is 3.70. The van der Waals surface area contributed by atoms with E-state index in [2.05, 4.69) is 15.7 Å². The van der Waals surface area contributed by atoms with Gasteiger partial charge in [-0.3, -0.25) is 14.3 Å². The van der Waals surface area contributed by atoms with Crippen LogP contribution in [0, 0.1) is 5.92 Å². The van der Waals surface area contributed by atoms with E-state index in [4.69, 9.17) is 0 Å². The van der Waals surface area contributed by atoms with E-state index in [1.54, 1.807) is 41.3 Å². The number of benzene rings is 1. The molecule has 0 saturated heterocycles. The van der Waals surface area contributed by atoms with Gasteiger partial charge in [0.05, 0.1) is 11.9 Å². The standard InChI is InChI=1S/C18H24N4O2/c1-5-13(4)17(23)20-15-8-6-7-14(9-15)18(24)21-16-10-19-22(11-16)12(2)3/h6-13H,5H2,1-4H3,(H,20,23)(H,21,24). The van der Waals surface area contributed by atoms with Crippen LogP contribution in [0.3, 0.4) is 0 Å². The van der Waals surface area contributed by atoms with Crippen molar-refractivity contribution in [3.05, 3.63) is 42.2 Å². The van der Waals surface area contributed by atoms with E-state index in [0.717, 1.165) is 6.42 Å². The summed E-state index contributed by atoms with van der Waals surface area (Å²) >= 11 is 0. The molecule has 1 aromatic carbocycles. The monoisotopic (exact) mass is 328 g/mol. The molecule has 1 atom stereocenters. The Morgan fingerprint density at radius 3 is 2.54 bits per heavy atom. The zero-order chi connectivity index (χ0) is 17.7. The van der Waals surface area contributed by atoms with Crippen LogP contribution in [0.1, 0.15) is 50.5 Å². The summed E-state index contributed by atoms with van der Waals surface area (Å²) in [7, 11) is 0. The molecule has 2 aromatic rings. The van der Waals surface area contributed by atoms with Crippen LogP contribution in [0.2, 0.25) is 0 Å². The summed E-state index contributed by atoms with van der Waals surface area (Å²) in [6.07, 6.45) is 4.18. The lowest BCUT2D eigenvalue weighted by molar-refractivity contribution is -0.119. The van der Waals surface area contributed by atoms with E-state index < -0.39 is 0 Å². The highest BCUT2D eigenvalue weighted by molar-refractivity contribution is 6.05. The van der Waals surface area contributed by atoms with Crippen molar-refractivity contribution in [2.45, 2.75) is 40.2 Å². The van der Waals surface area contributed by atoms with Crippen molar-refractivity contribution in [1.29, 1.82) is 0 Å². The Morgan fingerprint density at radius 1 is 1.17 bits per heavy atom. The van der Waals surface area contributed by atoms with Gasteiger partial charge >= 0.3 is 0 Å². The van der Waals surface area contributed by atoms with Crippen LogP contribution in [0.5, 0.6) is 0 Å². The van der Waals surface area contributed by atoms with E-state index >= 15 is 0 Å². The van der Waals surface area contributed by atoms with E-state index in [0.29, 0.717) is 16.9 Å². The Kier molecular flexibility index (Phi) is 5.73. The molecular weight excluding hydrogens is 304 g/mol. The van der Waals surface area contributed by atoms with Gasteiger partial charge in [-0.1, -0.05) is 19.9 Å². The number of aromatic nitrogens is 2. The van der Waals surface area contributed by atoms with Crippen molar-refractivity contribution in [3.8, 4) is 0 Å². The SMILES string of the molecule is CCC(C)C(=O)Nc1cccc(C(=O)Nc2cnn(C(C)C)c2)c1. The highest BCUT2D eigenvalue weighted by Crippen LogP contribution is 2.16. The summed E-state index contributed by atoms with van der Waals surface area (Å²) < 4.78 is 1.78. The lowest BCUT2D eigenvalue weighted by atomic mass is 10.1. The molecule has 24 heavy (non-hydrogen) atoms. The number of carbonyl (C=O) groups is 2. The molecule has 0 fully saturated rings. The van der Waals surface area contributed by atoms with E-state index in [-0.39, 0.29) is 23.8 Å². The van der Waals surface area contributed by atoms with Gasteiger partial charge < -0.3 is 10.6 Å². The zero-order valence-electron chi connectivity index (χ0n) is 14.5. The minimum absolute atomic E-state index is 0.0479. The number of carbonyl (C=O) groups excluding carboxylic acids is 2. The summed E-state index contributed by atoms with van der Waals surface area (Å²) in [6, 6.07) is 7.13. The first-order chi connectivity index (χ1) is 11.4. The third kappa shape index (κ3) is 4.44. The van der Waals surface area contributed by atoms with Crippen LogP contribution < -0.4 is 10.6 Å². The number of hydrogen-bond acceptors (Lipinski definition) is 3. The van der Waals surface area contributed by atoms with Crippen molar-refractivity contribution in [2.24, 2.45) is 5.92 Å². The Hall–Kier alpha value is -2.63. The average Bonchev–Trinajstić information content (AvgIpc) is 3.03. The maximum atomic E-state index is 12.4. The molecule has 2 amide bonds. The first kappa shape index (κ1) is 17.7. The van der Waals surface area contributed by atoms with E-state index in [1.807, 2.05) is 27.7 Å². The number of rotatable bonds is 6. The van der Waals surface area contributed by atoms with Gasteiger partial charge in [0.25, 0.3) is 5.91 Å². The molecule has 2 rings (SSSR count). The molecule has 1 heterocycles. The highest BCUT2D eigenvalue weighted by atomic mass is 16.2. The first-order valence-electron chi connectivity index (χ1n) is 8.17. The molecule has 0 aliphatic heterocycles. The second-order valence-corrected chi connectivity index (χ2v) is 6.14. The third-order valence-electron chi connectivity index (χ3n) is 3.84. The van der Waals surface area contributed by atoms with Gasteiger partial charge in [-0.05, 0) is 38.5 Å². The highest BCUT2D eigenvalue weighted by Gasteiger charge is 2.13. The van der Waals surface area contributed by atoms with Crippen LogP contribution in [0.25, 0.3) is 0 Å². The second kappa shape index (κ2) is 7.77. The largest absolute Gasteiger partial charge is 0.326 e. The van der Waals surface area contributed by atoms with Crippen LogP contribution in [0.4, 0.5) is 11.4 Å². The maximum absolute atomic E-state index is 12.4. The van der Waals surface area contributed by atoms with Crippen molar-refractivity contribution < 1.29 is 9.59 Å². The number of hydrogen-bond donors (Lipinski definition) is 2. The fourth-order valence-electron chi connectivity index (χ4n) is 2.08. The maximum Gasteiger partial charge on any atom is 0.255 e. The smallest absolute Gasteiger partial charge is 0.255 e. The summed E-state index contributed by atoms with van der Waals surface area (Å²) in [5.41, 5.74) is 1.74. The number of anilines is 2. The molecule has 0 saturated carbocycles. The molecule has 1 aromatic heterocycles. The molecule has 6 heteroatoms. The normalized spacial score (nSPS) is 12.0. The molecule has 128 valence electrons. The van der Waals surface area contributed by atoms with Gasteiger partial charge in [0.1, 0.15) is 0 Å². The van der Waals surface area contributed by atoms with Gasteiger partial charge in [0, 0.05) is 29.4 Å². The van der Waals surface area contributed by atoms with E-state index in [9.17, 15) is 9.59 Å². The van der Waals surface area contributed by atoms with Gasteiger partial charge in [0.2, 0.25) is 5.91 Å². The Balaban J connectivity index is 2.06. The summed E-state index contributed by atoms with van der Waals surface area (Å²) in [4.78, 5) is 24.3. The number of amides is 2. The van der Waals surface area contributed by atoms with E-state index in [1.165, 1.54) is 0 Å². The van der Waals surface area contributed by atoms with Crippen molar-refractivity contribution in [2.75, 3.05) is 10.6 Å².